The van der Waals surface area contributed by atoms with E-state index < -0.39 is 45.5 Å². The zero-order valence-corrected chi connectivity index (χ0v) is 41.0. The highest BCUT2D eigenvalue weighted by Gasteiger charge is 2.55. The van der Waals surface area contributed by atoms with Crippen LogP contribution in [-0.2, 0) is 29.1 Å². The summed E-state index contributed by atoms with van der Waals surface area (Å²) in [6, 6.07) is 8.92. The summed E-state index contributed by atoms with van der Waals surface area (Å²) in [6.07, 6.45) is 24.5. The van der Waals surface area contributed by atoms with Crippen LogP contribution in [-0.4, -0.2) is 78.7 Å². The number of fused-ring (bicyclic) bond motifs is 1. The molecule has 1 fully saturated rings. The van der Waals surface area contributed by atoms with Gasteiger partial charge in [-0.15, -0.1) is 0 Å². The first-order valence-corrected chi connectivity index (χ1v) is 26.3. The molecule has 2 aromatic rings. The summed E-state index contributed by atoms with van der Waals surface area (Å²) in [5.41, 5.74) is -1.32. The molecule has 0 saturated carbocycles. The van der Waals surface area contributed by atoms with Crippen LogP contribution in [0.5, 0.6) is 5.75 Å². The fourth-order valence-electron chi connectivity index (χ4n) is 8.25. The molecular weight excluding hydrogens is 845 g/mol. The van der Waals surface area contributed by atoms with Crippen molar-refractivity contribution >= 4 is 51.1 Å². The van der Waals surface area contributed by atoms with Crippen LogP contribution in [0, 0.1) is 0 Å². The minimum Gasteiger partial charge on any atom is -0.491 e. The first kappa shape index (κ1) is 53.2. The number of rotatable bonds is 33. The molecule has 0 aliphatic carbocycles. The fourth-order valence-corrected chi connectivity index (χ4v) is 9.87. The second-order valence-electron chi connectivity index (χ2n) is 18.1. The lowest BCUT2D eigenvalue weighted by molar-refractivity contribution is -0.137. The lowest BCUT2D eigenvalue weighted by atomic mass is 10.1. The standard InChI is InChI=1S/C51H78N4O9S/c1-6-9-12-15-18-19-20-21-22-23-26-31-38-63-48(57)40-34-35-43(62-37-30-25-17-14-11-8-3)42(39-40)53-47(56)45(55-49(58)51(4,5)64-50(55)59)46-52-41-32-27-28-33-44(41)65(60,61)54(46)36-29-24-16-13-10-7-2/h27-28,32-35,39,45H,6-26,29-31,36-38H2,1-5H3,(H,53,56). The molecule has 1 unspecified atom stereocenters. The van der Waals surface area contributed by atoms with Gasteiger partial charge in [0.05, 0.1) is 30.2 Å². The van der Waals surface area contributed by atoms with Gasteiger partial charge in [0.25, 0.3) is 21.8 Å². The van der Waals surface area contributed by atoms with Crippen molar-refractivity contribution in [1.29, 1.82) is 0 Å². The van der Waals surface area contributed by atoms with Crippen molar-refractivity contribution in [3.05, 3.63) is 48.0 Å². The molecule has 0 aromatic heterocycles. The van der Waals surface area contributed by atoms with Crippen LogP contribution in [0.15, 0.2) is 52.4 Å². The van der Waals surface area contributed by atoms with Gasteiger partial charge in [-0.3, -0.25) is 13.9 Å². The van der Waals surface area contributed by atoms with Crippen molar-refractivity contribution in [2.24, 2.45) is 4.99 Å². The number of ether oxygens (including phenoxy) is 3. The number of hydrogen-bond donors (Lipinski definition) is 1. The Hall–Kier alpha value is -4.46. The Morgan fingerprint density at radius 3 is 1.78 bits per heavy atom. The molecule has 1 saturated heterocycles. The van der Waals surface area contributed by atoms with Crippen LogP contribution in [0.2, 0.25) is 0 Å². The number of esters is 1. The van der Waals surface area contributed by atoms with Gasteiger partial charge in [0.15, 0.2) is 17.5 Å². The first-order valence-electron chi connectivity index (χ1n) is 24.9. The van der Waals surface area contributed by atoms with E-state index in [2.05, 4.69) is 26.1 Å². The average molecular weight is 923 g/mol. The third-order valence-electron chi connectivity index (χ3n) is 12.1. The summed E-state index contributed by atoms with van der Waals surface area (Å²) in [5, 5.41) is 2.82. The maximum absolute atomic E-state index is 14.9. The molecule has 0 spiro atoms. The summed E-state index contributed by atoms with van der Waals surface area (Å²) >= 11 is 0. The van der Waals surface area contributed by atoms with Crippen LogP contribution in [0.1, 0.15) is 199 Å². The zero-order valence-electron chi connectivity index (χ0n) is 40.1. The van der Waals surface area contributed by atoms with E-state index in [9.17, 15) is 27.6 Å². The second-order valence-corrected chi connectivity index (χ2v) is 19.9. The Balaban J connectivity index is 1.58. The molecule has 0 radical (unpaired) electrons. The van der Waals surface area contributed by atoms with E-state index >= 15 is 0 Å². The number of anilines is 1. The minimum absolute atomic E-state index is 0.0426. The van der Waals surface area contributed by atoms with Gasteiger partial charge in [-0.2, -0.15) is 0 Å². The molecule has 362 valence electrons. The van der Waals surface area contributed by atoms with Gasteiger partial charge in [-0.05, 0) is 63.4 Å². The number of carbonyl (C=O) groups is 4. The number of cyclic esters (lactones) is 1. The van der Waals surface area contributed by atoms with Crippen LogP contribution < -0.4 is 10.1 Å². The largest absolute Gasteiger partial charge is 0.491 e. The molecule has 14 heteroatoms. The topological polar surface area (TPSA) is 161 Å². The first-order chi connectivity index (χ1) is 31.4. The second kappa shape index (κ2) is 27.9. The Morgan fingerprint density at radius 2 is 1.23 bits per heavy atom. The van der Waals surface area contributed by atoms with Crippen LogP contribution in [0.4, 0.5) is 16.2 Å². The molecular formula is C51H78N4O9S. The maximum Gasteiger partial charge on any atom is 0.418 e. The van der Waals surface area contributed by atoms with Gasteiger partial charge >= 0.3 is 12.1 Å². The molecule has 1 N–H and O–H groups in total. The molecule has 2 heterocycles. The fraction of sp³-hybridized carbons (Fsp3) is 0.667. The molecule has 1 atom stereocenters. The summed E-state index contributed by atoms with van der Waals surface area (Å²) < 4.78 is 47.3. The van der Waals surface area contributed by atoms with E-state index in [-0.39, 0.29) is 46.6 Å². The van der Waals surface area contributed by atoms with E-state index in [4.69, 9.17) is 19.2 Å². The van der Waals surface area contributed by atoms with Crippen molar-refractivity contribution < 1.29 is 41.8 Å². The van der Waals surface area contributed by atoms with Crippen molar-refractivity contribution in [3.63, 3.8) is 0 Å². The normalized spacial score (nSPS) is 15.6. The van der Waals surface area contributed by atoms with Crippen LogP contribution >= 0.6 is 0 Å². The molecule has 0 bridgehead atoms. The number of amidine groups is 1. The number of unbranched alkanes of at least 4 members (excludes halogenated alkanes) is 21. The molecule has 65 heavy (non-hydrogen) atoms. The highest BCUT2D eigenvalue weighted by molar-refractivity contribution is 7.90. The minimum atomic E-state index is -4.30. The van der Waals surface area contributed by atoms with Gasteiger partial charge in [-0.1, -0.05) is 168 Å². The number of aliphatic imine (C=N–C) groups is 1. The number of para-hydroxylation sites is 1. The zero-order chi connectivity index (χ0) is 47.1. The average Bonchev–Trinajstić information content (AvgIpc) is 3.48. The highest BCUT2D eigenvalue weighted by atomic mass is 32.2. The summed E-state index contributed by atoms with van der Waals surface area (Å²) in [6.45, 7) is 9.87. The molecule has 13 nitrogen and oxygen atoms in total. The third-order valence-corrected chi connectivity index (χ3v) is 14.0. The Kier molecular flexibility index (Phi) is 22.8. The summed E-state index contributed by atoms with van der Waals surface area (Å²) in [4.78, 5) is 61.4. The number of carbonyl (C=O) groups excluding carboxylic acids is 4. The van der Waals surface area contributed by atoms with Gasteiger partial charge in [0, 0.05) is 6.54 Å². The van der Waals surface area contributed by atoms with Crippen molar-refractivity contribution in [2.45, 2.75) is 205 Å². The van der Waals surface area contributed by atoms with E-state index in [1.165, 1.54) is 83.4 Å². The summed E-state index contributed by atoms with van der Waals surface area (Å²) in [7, 11) is -4.30. The number of nitrogens with one attached hydrogen (secondary N) is 1. The number of sulfonamides is 1. The highest BCUT2D eigenvalue weighted by Crippen LogP contribution is 2.37. The monoisotopic (exact) mass is 923 g/mol. The molecule has 4 rings (SSSR count). The predicted molar refractivity (Wildman–Crippen MR) is 257 cm³/mol. The van der Waals surface area contributed by atoms with E-state index in [0.717, 1.165) is 101 Å². The predicted octanol–water partition coefficient (Wildman–Crippen LogP) is 12.4. The number of amides is 3. The van der Waals surface area contributed by atoms with Crippen molar-refractivity contribution in [3.8, 4) is 5.75 Å². The molecule has 2 aliphatic rings. The quantitative estimate of drug-likeness (QED) is 0.0542. The maximum atomic E-state index is 14.9. The lowest BCUT2D eigenvalue weighted by Crippen LogP contribution is -2.59. The Morgan fingerprint density at radius 1 is 0.708 bits per heavy atom. The van der Waals surface area contributed by atoms with Gasteiger partial charge in [0.1, 0.15) is 10.6 Å². The third kappa shape index (κ3) is 16.1. The molecule has 3 amide bonds. The van der Waals surface area contributed by atoms with Crippen molar-refractivity contribution in [1.82, 2.24) is 9.21 Å². The van der Waals surface area contributed by atoms with E-state index in [0.29, 0.717) is 17.9 Å². The SMILES string of the molecule is CCCCCCCCCCCCCCOC(=O)c1ccc(OCCCCCCCC)c(NC(=O)C(C2=Nc3ccccc3S(=O)(=O)N2CCCCCCCC)N2C(=O)OC(C)(C)C2=O)c1. The Bertz CT molecular complexity index is 1970. The van der Waals surface area contributed by atoms with Gasteiger partial charge in [0.2, 0.25) is 0 Å². The number of hydrogen-bond acceptors (Lipinski definition) is 10. The number of nitrogens with zero attached hydrogens (tertiary/aromatic N) is 3. The number of benzene rings is 2. The van der Waals surface area contributed by atoms with Crippen LogP contribution in [0.3, 0.4) is 0 Å². The Labute approximate surface area is 389 Å². The smallest absolute Gasteiger partial charge is 0.418 e. The van der Waals surface area contributed by atoms with E-state index in [1.54, 1.807) is 24.3 Å². The summed E-state index contributed by atoms with van der Waals surface area (Å²) in [5.74, 6) is -2.42. The lowest BCUT2D eigenvalue weighted by Gasteiger charge is -2.35. The van der Waals surface area contributed by atoms with Gasteiger partial charge in [-0.25, -0.2) is 27.9 Å². The molecule has 2 aliphatic heterocycles. The van der Waals surface area contributed by atoms with E-state index in [1.807, 2.05) is 0 Å². The van der Waals surface area contributed by atoms with Gasteiger partial charge < -0.3 is 19.5 Å². The van der Waals surface area contributed by atoms with Crippen molar-refractivity contribution in [2.75, 3.05) is 25.1 Å². The molecule has 2 aromatic carbocycles. The number of imide groups is 1. The van der Waals surface area contributed by atoms with Crippen LogP contribution in [0.25, 0.3) is 0 Å².